The zero-order valence-electron chi connectivity index (χ0n) is 11.7. The van der Waals surface area contributed by atoms with Gasteiger partial charge in [-0.15, -0.1) is 0 Å². The summed E-state index contributed by atoms with van der Waals surface area (Å²) in [5.74, 6) is -0.393. The quantitative estimate of drug-likeness (QED) is 0.711. The van der Waals surface area contributed by atoms with Gasteiger partial charge in [0.1, 0.15) is 11.9 Å². The van der Waals surface area contributed by atoms with Crippen molar-refractivity contribution in [2.45, 2.75) is 19.4 Å². The summed E-state index contributed by atoms with van der Waals surface area (Å²) >= 11 is 9.80. The number of carbonyl (C=O) groups is 1. The van der Waals surface area contributed by atoms with Gasteiger partial charge >= 0.3 is 0 Å². The fourth-order valence-corrected chi connectivity index (χ4v) is 3.12. The lowest BCUT2D eigenvalue weighted by atomic mass is 9.95. The van der Waals surface area contributed by atoms with Crippen molar-refractivity contribution in [1.82, 2.24) is 0 Å². The van der Waals surface area contributed by atoms with Gasteiger partial charge in [-0.25, -0.2) is 4.39 Å². The Hall–Kier alpha value is -1.52. The zero-order valence-corrected chi connectivity index (χ0v) is 14.1. The van der Waals surface area contributed by atoms with Crippen molar-refractivity contribution < 1.29 is 9.18 Å². The minimum absolute atomic E-state index is 0.00835. The normalized spacial score (nSPS) is 17.7. The highest BCUT2D eigenvalue weighted by Crippen LogP contribution is 2.33. The van der Waals surface area contributed by atoms with Crippen molar-refractivity contribution in [2.24, 2.45) is 4.99 Å². The second-order valence-electron chi connectivity index (χ2n) is 5.17. The van der Waals surface area contributed by atoms with E-state index < -0.39 is 6.04 Å². The average Bonchev–Trinajstić information content (AvgIpc) is 2.61. The predicted molar refractivity (Wildman–Crippen MR) is 89.4 cm³/mol. The Balaban J connectivity index is 2.33. The van der Waals surface area contributed by atoms with Gasteiger partial charge in [-0.2, -0.15) is 0 Å². The summed E-state index contributed by atoms with van der Waals surface area (Å²) in [4.78, 5) is 16.6. The van der Waals surface area contributed by atoms with E-state index in [9.17, 15) is 9.18 Å². The Morgan fingerprint density at radius 2 is 2.00 bits per heavy atom. The maximum absolute atomic E-state index is 14.2. The number of fused-ring (bicyclic) bond motifs is 1. The van der Waals surface area contributed by atoms with Gasteiger partial charge in [0.25, 0.3) is 0 Å². The molecule has 112 valence electrons. The molecule has 2 aromatic rings. The fraction of sp³-hybridized carbons (Fsp3) is 0.176. The SMILES string of the molecule is CC1N=C(c2ccccc2F)c2c(ccc(Br)c2Cl)CC1=O. The maximum atomic E-state index is 14.2. The number of rotatable bonds is 1. The summed E-state index contributed by atoms with van der Waals surface area (Å²) in [6, 6.07) is 9.48. The first-order valence-corrected chi connectivity index (χ1v) is 7.99. The Bertz CT molecular complexity index is 803. The van der Waals surface area contributed by atoms with E-state index in [2.05, 4.69) is 20.9 Å². The lowest BCUT2D eigenvalue weighted by Crippen LogP contribution is -2.16. The minimum atomic E-state index is -0.531. The third-order valence-electron chi connectivity index (χ3n) is 3.70. The van der Waals surface area contributed by atoms with Crippen LogP contribution in [0.25, 0.3) is 0 Å². The maximum Gasteiger partial charge on any atom is 0.161 e. The first-order valence-electron chi connectivity index (χ1n) is 6.81. The number of hydrogen-bond acceptors (Lipinski definition) is 2. The highest BCUT2D eigenvalue weighted by molar-refractivity contribution is 9.10. The molecule has 22 heavy (non-hydrogen) atoms. The van der Waals surface area contributed by atoms with Gasteiger partial charge in [-0.1, -0.05) is 29.8 Å². The van der Waals surface area contributed by atoms with E-state index in [-0.39, 0.29) is 18.0 Å². The zero-order chi connectivity index (χ0) is 15.9. The number of hydrogen-bond donors (Lipinski definition) is 0. The molecule has 0 fully saturated rings. The molecular weight excluding hydrogens is 369 g/mol. The van der Waals surface area contributed by atoms with Crippen molar-refractivity contribution in [2.75, 3.05) is 0 Å². The van der Waals surface area contributed by atoms with Crippen molar-refractivity contribution >= 4 is 39.0 Å². The summed E-state index contributed by atoms with van der Waals surface area (Å²) in [6.45, 7) is 1.72. The molecule has 0 radical (unpaired) electrons. The molecule has 2 aromatic carbocycles. The molecule has 3 rings (SSSR count). The molecule has 5 heteroatoms. The third-order valence-corrected chi connectivity index (χ3v) is 4.98. The van der Waals surface area contributed by atoms with Gasteiger partial charge in [0.2, 0.25) is 0 Å². The van der Waals surface area contributed by atoms with Crippen LogP contribution in [0, 0.1) is 5.82 Å². The molecule has 0 saturated carbocycles. The number of carbonyl (C=O) groups excluding carboxylic acids is 1. The van der Waals surface area contributed by atoms with Gasteiger partial charge in [-0.3, -0.25) is 9.79 Å². The van der Waals surface area contributed by atoms with Gasteiger partial charge < -0.3 is 0 Å². The molecule has 1 aliphatic rings. The lowest BCUT2D eigenvalue weighted by Gasteiger charge is -2.13. The molecule has 1 atom stereocenters. The highest BCUT2D eigenvalue weighted by Gasteiger charge is 2.27. The van der Waals surface area contributed by atoms with Crippen molar-refractivity contribution in [3.63, 3.8) is 0 Å². The van der Waals surface area contributed by atoms with E-state index >= 15 is 0 Å². The summed E-state index contributed by atoms with van der Waals surface area (Å²) in [6.07, 6.45) is 0.241. The Labute approximate surface area is 141 Å². The van der Waals surface area contributed by atoms with Gasteiger partial charge in [0, 0.05) is 22.0 Å². The summed E-state index contributed by atoms with van der Waals surface area (Å²) < 4.78 is 14.9. The van der Waals surface area contributed by atoms with Crippen LogP contribution in [0.2, 0.25) is 5.02 Å². The van der Waals surface area contributed by atoms with E-state index in [1.807, 2.05) is 6.07 Å². The minimum Gasteiger partial charge on any atom is -0.297 e. The van der Waals surface area contributed by atoms with Crippen LogP contribution in [-0.4, -0.2) is 17.5 Å². The van der Waals surface area contributed by atoms with E-state index in [0.717, 1.165) is 5.56 Å². The Morgan fingerprint density at radius 3 is 2.73 bits per heavy atom. The van der Waals surface area contributed by atoms with E-state index in [1.165, 1.54) is 6.07 Å². The molecule has 0 N–H and O–H groups in total. The molecule has 1 heterocycles. The molecule has 0 saturated heterocycles. The van der Waals surface area contributed by atoms with Crippen LogP contribution in [0.3, 0.4) is 0 Å². The van der Waals surface area contributed by atoms with Crippen LogP contribution in [0.15, 0.2) is 45.9 Å². The van der Waals surface area contributed by atoms with Gasteiger partial charge in [0.15, 0.2) is 5.78 Å². The topological polar surface area (TPSA) is 29.4 Å². The molecule has 0 spiro atoms. The molecule has 1 aliphatic heterocycles. The molecule has 0 amide bonds. The van der Waals surface area contributed by atoms with Crippen molar-refractivity contribution in [3.8, 4) is 0 Å². The monoisotopic (exact) mass is 379 g/mol. The van der Waals surface area contributed by atoms with E-state index in [0.29, 0.717) is 26.3 Å². The number of ketones is 1. The second kappa shape index (κ2) is 5.94. The van der Waals surface area contributed by atoms with Crippen LogP contribution in [0.5, 0.6) is 0 Å². The van der Waals surface area contributed by atoms with E-state index in [1.54, 1.807) is 31.2 Å². The van der Waals surface area contributed by atoms with Crippen molar-refractivity contribution in [3.05, 3.63) is 68.4 Å². The van der Waals surface area contributed by atoms with Crippen LogP contribution in [0.4, 0.5) is 4.39 Å². The number of nitrogens with zero attached hydrogens (tertiary/aromatic N) is 1. The average molecular weight is 381 g/mol. The molecule has 0 bridgehead atoms. The third kappa shape index (κ3) is 2.61. The predicted octanol–water partition coefficient (Wildman–Crippen LogP) is 4.59. The highest BCUT2D eigenvalue weighted by atomic mass is 79.9. The van der Waals surface area contributed by atoms with E-state index in [4.69, 9.17) is 11.6 Å². The standard InChI is InChI=1S/C17H12BrClFNO/c1-9-14(22)8-10-6-7-12(18)16(19)15(10)17(21-9)11-4-2-3-5-13(11)20/h2-7,9H,8H2,1H3. The molecule has 2 nitrogen and oxygen atoms in total. The Kier molecular flexibility index (Phi) is 4.15. The summed E-state index contributed by atoms with van der Waals surface area (Å²) in [5.41, 5.74) is 2.17. The summed E-state index contributed by atoms with van der Waals surface area (Å²) in [7, 11) is 0. The van der Waals surface area contributed by atoms with Crippen LogP contribution >= 0.6 is 27.5 Å². The van der Waals surface area contributed by atoms with Crippen LogP contribution in [-0.2, 0) is 11.2 Å². The van der Waals surface area contributed by atoms with Gasteiger partial charge in [0.05, 0.1) is 10.7 Å². The first-order chi connectivity index (χ1) is 10.5. The molecule has 1 unspecified atom stereocenters. The summed E-state index contributed by atoms with van der Waals surface area (Å²) in [5, 5.41) is 0.446. The number of aliphatic imine (C=N–C) groups is 1. The van der Waals surface area contributed by atoms with Crippen molar-refractivity contribution in [1.29, 1.82) is 0 Å². The number of Topliss-reactive ketones (excluding diaryl/α,β-unsaturated/α-hetero) is 1. The molecule has 0 aliphatic carbocycles. The fourth-order valence-electron chi connectivity index (χ4n) is 2.52. The number of halogens is 3. The van der Waals surface area contributed by atoms with Crippen LogP contribution in [0.1, 0.15) is 23.6 Å². The number of benzene rings is 2. The Morgan fingerprint density at radius 1 is 1.27 bits per heavy atom. The molecule has 0 aromatic heterocycles. The van der Waals surface area contributed by atoms with Gasteiger partial charge in [-0.05, 0) is 46.6 Å². The lowest BCUT2D eigenvalue weighted by molar-refractivity contribution is -0.119. The second-order valence-corrected chi connectivity index (χ2v) is 6.40. The first kappa shape index (κ1) is 15.4. The van der Waals surface area contributed by atoms with Crippen LogP contribution < -0.4 is 0 Å². The largest absolute Gasteiger partial charge is 0.297 e. The smallest absolute Gasteiger partial charge is 0.161 e. The molecular formula is C17H12BrClFNO.